The molecular weight excluding hydrogens is 400 g/mol. The Morgan fingerprint density at radius 1 is 1.19 bits per heavy atom. The van der Waals surface area contributed by atoms with Gasteiger partial charge in [0.05, 0.1) is 22.1 Å². The van der Waals surface area contributed by atoms with Crippen molar-refractivity contribution in [1.29, 1.82) is 0 Å². The van der Waals surface area contributed by atoms with E-state index in [-0.39, 0.29) is 11.3 Å². The van der Waals surface area contributed by atoms with Gasteiger partial charge >= 0.3 is 0 Å². The summed E-state index contributed by atoms with van der Waals surface area (Å²) in [5, 5.41) is 0. The van der Waals surface area contributed by atoms with Crippen LogP contribution in [-0.2, 0) is 21.5 Å². The Balaban J connectivity index is 1.80. The molecule has 170 valence electrons. The monoisotopic (exact) mass is 434 g/mol. The van der Waals surface area contributed by atoms with Crippen molar-refractivity contribution in [3.63, 3.8) is 0 Å². The molecule has 1 amide bonds. The van der Waals surface area contributed by atoms with E-state index >= 15 is 0 Å². The summed E-state index contributed by atoms with van der Waals surface area (Å²) in [6, 6.07) is 12.2. The van der Waals surface area contributed by atoms with Crippen molar-refractivity contribution < 1.29 is 9.53 Å². The first-order valence-corrected chi connectivity index (χ1v) is 11.6. The molecule has 1 saturated heterocycles. The molecule has 32 heavy (non-hydrogen) atoms. The van der Waals surface area contributed by atoms with E-state index in [2.05, 4.69) is 35.5 Å². The van der Waals surface area contributed by atoms with Gasteiger partial charge in [-0.05, 0) is 69.4 Å². The van der Waals surface area contributed by atoms with Gasteiger partial charge in [0, 0.05) is 45.6 Å². The van der Waals surface area contributed by atoms with Gasteiger partial charge in [0.15, 0.2) is 0 Å². The predicted molar refractivity (Wildman–Crippen MR) is 128 cm³/mol. The number of pyridine rings is 1. The Labute approximate surface area is 190 Å². The van der Waals surface area contributed by atoms with E-state index in [1.165, 1.54) is 12.8 Å². The summed E-state index contributed by atoms with van der Waals surface area (Å²) >= 11 is 0. The summed E-state index contributed by atoms with van der Waals surface area (Å²) in [6.07, 6.45) is 6.44. The van der Waals surface area contributed by atoms with Crippen LogP contribution in [0.1, 0.15) is 58.0 Å². The van der Waals surface area contributed by atoms with Gasteiger partial charge in [-0.25, -0.2) is 4.98 Å². The van der Waals surface area contributed by atoms with Gasteiger partial charge in [0.1, 0.15) is 5.82 Å². The van der Waals surface area contributed by atoms with Crippen LogP contribution in [0, 0.1) is 5.92 Å². The van der Waals surface area contributed by atoms with Gasteiger partial charge in [-0.1, -0.05) is 12.5 Å². The number of fused-ring (bicyclic) bond motifs is 1. The Kier molecular flexibility index (Phi) is 6.60. The van der Waals surface area contributed by atoms with Crippen molar-refractivity contribution >= 4 is 22.6 Å². The number of hydrogen-bond donors (Lipinski definition) is 0. The van der Waals surface area contributed by atoms with Gasteiger partial charge in [-0.3, -0.25) is 9.78 Å². The molecule has 4 rings (SSSR count). The van der Waals surface area contributed by atoms with Crippen LogP contribution < -0.4 is 4.90 Å². The van der Waals surface area contributed by atoms with Gasteiger partial charge in [-0.15, -0.1) is 0 Å². The first-order chi connectivity index (χ1) is 15.4. The Morgan fingerprint density at radius 2 is 2.03 bits per heavy atom. The van der Waals surface area contributed by atoms with E-state index in [9.17, 15) is 4.79 Å². The average molecular weight is 435 g/mol. The predicted octanol–water partition coefficient (Wildman–Crippen LogP) is 4.95. The molecule has 0 bridgehead atoms. The number of carbonyl (C=O) groups excluding carboxylic acids is 1. The fourth-order valence-electron chi connectivity index (χ4n) is 4.59. The first kappa shape index (κ1) is 22.5. The van der Waals surface area contributed by atoms with Crippen LogP contribution in [0.2, 0.25) is 0 Å². The maximum absolute atomic E-state index is 11.9. The van der Waals surface area contributed by atoms with Crippen LogP contribution >= 0.6 is 0 Å². The van der Waals surface area contributed by atoms with Crippen LogP contribution in [-0.4, -0.2) is 40.7 Å². The third-order valence-electron chi connectivity index (χ3n) is 6.72. The van der Waals surface area contributed by atoms with E-state index < -0.39 is 0 Å². The number of imidazole rings is 1. The first-order valence-electron chi connectivity index (χ1n) is 11.6. The molecule has 3 aromatic rings. The van der Waals surface area contributed by atoms with Crippen molar-refractivity contribution in [2.24, 2.45) is 5.92 Å². The van der Waals surface area contributed by atoms with E-state index in [1.54, 1.807) is 18.9 Å². The van der Waals surface area contributed by atoms with Crippen LogP contribution in [0.3, 0.4) is 0 Å². The molecule has 0 radical (unpaired) electrons. The minimum Gasteiger partial charge on any atom is -0.381 e. The molecule has 2 aromatic heterocycles. The third-order valence-corrected chi connectivity index (χ3v) is 6.72. The van der Waals surface area contributed by atoms with E-state index in [0.717, 1.165) is 60.8 Å². The van der Waals surface area contributed by atoms with Gasteiger partial charge in [0.25, 0.3) is 0 Å². The van der Waals surface area contributed by atoms with Crippen LogP contribution in [0.5, 0.6) is 0 Å². The number of aromatic nitrogens is 3. The molecule has 6 nitrogen and oxygen atoms in total. The molecule has 1 aromatic carbocycles. The van der Waals surface area contributed by atoms with Gasteiger partial charge in [-0.2, -0.15) is 0 Å². The SMILES string of the molecule is CC(=O)N(C)c1ccc2c(c1)nc(C(C)(C)c1ccccn1)n2CC1CCCCOCC1. The highest BCUT2D eigenvalue weighted by Crippen LogP contribution is 2.34. The minimum absolute atomic E-state index is 0.00680. The van der Waals surface area contributed by atoms with E-state index in [0.29, 0.717) is 5.92 Å². The number of amides is 1. The lowest BCUT2D eigenvalue weighted by molar-refractivity contribution is -0.116. The molecule has 0 N–H and O–H groups in total. The number of benzene rings is 1. The fraction of sp³-hybridized carbons (Fsp3) is 0.500. The number of hydrogen-bond acceptors (Lipinski definition) is 4. The third kappa shape index (κ3) is 4.56. The van der Waals surface area contributed by atoms with E-state index in [4.69, 9.17) is 9.72 Å². The average Bonchev–Trinajstić information content (AvgIpc) is 3.14. The quantitative estimate of drug-likeness (QED) is 0.570. The summed E-state index contributed by atoms with van der Waals surface area (Å²) in [7, 11) is 1.80. The number of ether oxygens (including phenoxy) is 1. The number of carbonyl (C=O) groups is 1. The molecular formula is C26H34N4O2. The summed E-state index contributed by atoms with van der Waals surface area (Å²) < 4.78 is 8.15. The molecule has 1 aliphatic heterocycles. The lowest BCUT2D eigenvalue weighted by Gasteiger charge is -2.27. The van der Waals surface area contributed by atoms with Gasteiger partial charge in [0.2, 0.25) is 5.91 Å². The fourth-order valence-corrected chi connectivity index (χ4v) is 4.59. The molecule has 1 atom stereocenters. The maximum Gasteiger partial charge on any atom is 0.223 e. The minimum atomic E-state index is -0.356. The molecule has 6 heteroatoms. The normalized spacial score (nSPS) is 17.7. The Morgan fingerprint density at radius 3 is 2.78 bits per heavy atom. The van der Waals surface area contributed by atoms with Crippen LogP contribution in [0.15, 0.2) is 42.6 Å². The topological polar surface area (TPSA) is 60.2 Å². The second kappa shape index (κ2) is 9.41. The Bertz CT molecular complexity index is 1070. The zero-order valence-corrected chi connectivity index (χ0v) is 19.7. The molecule has 0 spiro atoms. The highest BCUT2D eigenvalue weighted by molar-refractivity contribution is 5.93. The number of rotatable bonds is 5. The maximum atomic E-state index is 11.9. The number of nitrogens with zero attached hydrogens (tertiary/aromatic N) is 4. The van der Waals surface area contributed by atoms with Crippen molar-refractivity contribution in [1.82, 2.24) is 14.5 Å². The highest BCUT2D eigenvalue weighted by atomic mass is 16.5. The number of anilines is 1. The second-order valence-corrected chi connectivity index (χ2v) is 9.40. The van der Waals surface area contributed by atoms with Gasteiger partial charge < -0.3 is 14.2 Å². The smallest absolute Gasteiger partial charge is 0.223 e. The van der Waals surface area contributed by atoms with Crippen molar-refractivity contribution in [3.05, 3.63) is 54.1 Å². The Hall–Kier alpha value is -2.73. The van der Waals surface area contributed by atoms with E-state index in [1.807, 2.05) is 30.5 Å². The second-order valence-electron chi connectivity index (χ2n) is 9.40. The van der Waals surface area contributed by atoms with Crippen LogP contribution in [0.25, 0.3) is 11.0 Å². The lowest BCUT2D eigenvalue weighted by atomic mass is 9.87. The summed E-state index contributed by atoms with van der Waals surface area (Å²) in [5.41, 5.74) is 3.52. The van der Waals surface area contributed by atoms with Crippen molar-refractivity contribution in [2.75, 3.05) is 25.2 Å². The summed E-state index contributed by atoms with van der Waals surface area (Å²) in [4.78, 5) is 23.3. The summed E-state index contributed by atoms with van der Waals surface area (Å²) in [5.74, 6) is 1.56. The standard InChI is InChI=1S/C26H34N4O2/c1-19(31)29(4)21-11-12-23-22(17-21)28-25(26(2,3)24-10-5-7-14-27-24)30(23)18-20-9-6-8-15-32-16-13-20/h5,7,10-12,14,17,20H,6,8-9,13,15-16,18H2,1-4H3. The lowest BCUT2D eigenvalue weighted by Crippen LogP contribution is -2.27. The zero-order valence-electron chi connectivity index (χ0n) is 19.7. The van der Waals surface area contributed by atoms with Crippen LogP contribution in [0.4, 0.5) is 5.69 Å². The molecule has 0 saturated carbocycles. The molecule has 3 heterocycles. The molecule has 1 aliphatic rings. The largest absolute Gasteiger partial charge is 0.381 e. The molecule has 0 aliphatic carbocycles. The molecule has 1 fully saturated rings. The zero-order chi connectivity index (χ0) is 22.7. The molecule has 1 unspecified atom stereocenters. The highest BCUT2D eigenvalue weighted by Gasteiger charge is 2.32. The summed E-state index contributed by atoms with van der Waals surface area (Å²) in [6.45, 7) is 8.57. The van der Waals surface area contributed by atoms with Crippen molar-refractivity contribution in [3.8, 4) is 0 Å². The van der Waals surface area contributed by atoms with Crippen molar-refractivity contribution in [2.45, 2.75) is 58.4 Å².